The fourth-order valence-electron chi connectivity index (χ4n) is 3.25. The van der Waals surface area contributed by atoms with Gasteiger partial charge in [0.2, 0.25) is 0 Å². The highest BCUT2D eigenvalue weighted by atomic mass is 35.5. The molecule has 3 aromatic rings. The number of nitrogens with zero attached hydrogens (tertiary/aromatic N) is 1. The molecule has 0 bridgehead atoms. The Morgan fingerprint density at radius 3 is 2.50 bits per heavy atom. The van der Waals surface area contributed by atoms with E-state index in [0.717, 1.165) is 3.97 Å². The van der Waals surface area contributed by atoms with E-state index >= 15 is 0 Å². The highest BCUT2D eigenvalue weighted by Gasteiger charge is 2.32. The molecular formula is C19H13ClFNO3S. The van der Waals surface area contributed by atoms with Gasteiger partial charge in [-0.1, -0.05) is 29.8 Å². The van der Waals surface area contributed by atoms with Gasteiger partial charge in [-0.25, -0.2) is 16.8 Å². The zero-order valence-electron chi connectivity index (χ0n) is 13.4. The maximum absolute atomic E-state index is 14.4. The monoisotopic (exact) mass is 389 g/mol. The number of halogens is 2. The Morgan fingerprint density at radius 2 is 1.77 bits per heavy atom. The van der Waals surface area contributed by atoms with Crippen LogP contribution in [-0.4, -0.2) is 18.2 Å². The molecule has 0 radical (unpaired) electrons. The van der Waals surface area contributed by atoms with Crippen molar-refractivity contribution in [2.75, 3.05) is 0 Å². The minimum absolute atomic E-state index is 0.0243. The zero-order valence-corrected chi connectivity index (χ0v) is 15.0. The van der Waals surface area contributed by atoms with E-state index in [1.54, 1.807) is 12.1 Å². The molecule has 26 heavy (non-hydrogen) atoms. The van der Waals surface area contributed by atoms with Crippen molar-refractivity contribution in [2.45, 2.75) is 17.7 Å². The zero-order chi connectivity index (χ0) is 18.5. The number of benzene rings is 2. The van der Waals surface area contributed by atoms with Crippen molar-refractivity contribution < 1.29 is 17.6 Å². The number of fused-ring (bicyclic) bond motifs is 1. The van der Waals surface area contributed by atoms with Gasteiger partial charge in [-0.3, -0.25) is 4.79 Å². The lowest BCUT2D eigenvalue weighted by Crippen LogP contribution is -2.14. The van der Waals surface area contributed by atoms with Gasteiger partial charge in [-0.2, -0.15) is 0 Å². The highest BCUT2D eigenvalue weighted by Crippen LogP contribution is 2.37. The number of aromatic nitrogens is 1. The molecule has 0 unspecified atom stereocenters. The summed E-state index contributed by atoms with van der Waals surface area (Å²) in [5, 5.41) is 0.272. The third kappa shape index (κ3) is 2.57. The molecule has 1 aromatic heterocycles. The maximum Gasteiger partial charge on any atom is 0.268 e. The molecule has 0 saturated heterocycles. The lowest BCUT2D eigenvalue weighted by atomic mass is 10.1. The van der Waals surface area contributed by atoms with E-state index < -0.39 is 15.8 Å². The number of rotatable bonds is 3. The Kier molecular flexibility index (Phi) is 3.97. The Hall–Kier alpha value is -2.44. The van der Waals surface area contributed by atoms with Crippen LogP contribution in [-0.2, 0) is 16.4 Å². The van der Waals surface area contributed by atoms with Crippen LogP contribution in [0.25, 0.3) is 11.3 Å². The third-order valence-corrected chi connectivity index (χ3v) is 6.35. The van der Waals surface area contributed by atoms with E-state index in [-0.39, 0.29) is 27.0 Å². The van der Waals surface area contributed by atoms with Gasteiger partial charge in [0, 0.05) is 28.8 Å². The Balaban J connectivity index is 2.03. The van der Waals surface area contributed by atoms with Crippen LogP contribution in [0.5, 0.6) is 0 Å². The number of ketones is 1. The maximum atomic E-state index is 14.4. The number of carbonyl (C=O) groups is 1. The molecule has 0 atom stereocenters. The van der Waals surface area contributed by atoms with Crippen LogP contribution < -0.4 is 0 Å². The molecule has 0 N–H and O–H groups in total. The standard InChI is InChI=1S/C19H13ClFNO3S/c20-12-4-3-5-13(10-12)26(24,25)22-11-16-14(8-9-18(16)23)19(22)15-6-1-2-7-17(15)21/h1-7,10-11H,8-9H2. The van der Waals surface area contributed by atoms with E-state index in [9.17, 15) is 17.6 Å². The van der Waals surface area contributed by atoms with E-state index in [1.807, 2.05) is 0 Å². The number of hydrogen-bond donors (Lipinski definition) is 0. The summed E-state index contributed by atoms with van der Waals surface area (Å²) >= 11 is 5.93. The fourth-order valence-corrected chi connectivity index (χ4v) is 4.95. The molecule has 0 spiro atoms. The molecule has 0 saturated carbocycles. The second-order valence-electron chi connectivity index (χ2n) is 6.03. The topological polar surface area (TPSA) is 56.1 Å². The predicted molar refractivity (Wildman–Crippen MR) is 96.5 cm³/mol. The first-order chi connectivity index (χ1) is 12.4. The van der Waals surface area contributed by atoms with Crippen molar-refractivity contribution in [3.63, 3.8) is 0 Å². The number of carbonyl (C=O) groups excluding carboxylic acids is 1. The van der Waals surface area contributed by atoms with Crippen LogP contribution in [0.2, 0.25) is 5.02 Å². The summed E-state index contributed by atoms with van der Waals surface area (Å²) in [4.78, 5) is 12.1. The van der Waals surface area contributed by atoms with E-state index in [4.69, 9.17) is 11.6 Å². The highest BCUT2D eigenvalue weighted by molar-refractivity contribution is 7.90. The molecule has 1 aliphatic carbocycles. The third-order valence-electron chi connectivity index (χ3n) is 4.46. The first kappa shape index (κ1) is 17.0. The summed E-state index contributed by atoms with van der Waals surface area (Å²) in [6.45, 7) is 0. The van der Waals surface area contributed by atoms with E-state index in [1.165, 1.54) is 42.6 Å². The van der Waals surface area contributed by atoms with E-state index in [0.29, 0.717) is 24.0 Å². The molecule has 7 heteroatoms. The van der Waals surface area contributed by atoms with Crippen molar-refractivity contribution in [3.05, 3.63) is 76.7 Å². The Morgan fingerprint density at radius 1 is 1.00 bits per heavy atom. The second kappa shape index (κ2) is 6.07. The van der Waals surface area contributed by atoms with Gasteiger partial charge in [0.25, 0.3) is 10.0 Å². The molecule has 2 aromatic carbocycles. The average molecular weight is 390 g/mol. The van der Waals surface area contributed by atoms with Crippen LogP contribution in [0.4, 0.5) is 4.39 Å². The first-order valence-corrected chi connectivity index (χ1v) is 9.75. The van der Waals surface area contributed by atoms with Gasteiger partial charge in [-0.15, -0.1) is 0 Å². The van der Waals surface area contributed by atoms with E-state index in [2.05, 4.69) is 0 Å². The van der Waals surface area contributed by atoms with Crippen molar-refractivity contribution in [1.29, 1.82) is 0 Å². The minimum atomic E-state index is -4.05. The normalized spacial score (nSPS) is 13.8. The van der Waals surface area contributed by atoms with Gasteiger partial charge < -0.3 is 0 Å². The lowest BCUT2D eigenvalue weighted by Gasteiger charge is -2.13. The Bertz CT molecular complexity index is 1150. The van der Waals surface area contributed by atoms with Crippen molar-refractivity contribution >= 4 is 27.4 Å². The smallest absolute Gasteiger partial charge is 0.268 e. The van der Waals surface area contributed by atoms with Gasteiger partial charge >= 0.3 is 0 Å². The SMILES string of the molecule is O=C1CCc2c1cn(S(=O)(=O)c1cccc(Cl)c1)c2-c1ccccc1F. The summed E-state index contributed by atoms with van der Waals surface area (Å²) in [5.74, 6) is -0.687. The predicted octanol–water partition coefficient (Wildman–Crippen LogP) is 4.31. The van der Waals surface area contributed by atoms with Crippen LogP contribution in [0.1, 0.15) is 22.3 Å². The summed E-state index contributed by atoms with van der Waals surface area (Å²) in [6.07, 6.45) is 1.97. The molecule has 1 aliphatic rings. The Labute approximate surface area is 154 Å². The average Bonchev–Trinajstić information content (AvgIpc) is 3.16. The summed E-state index contributed by atoms with van der Waals surface area (Å²) in [7, 11) is -4.05. The molecule has 0 amide bonds. The summed E-state index contributed by atoms with van der Waals surface area (Å²) in [5.41, 5.74) is 1.23. The molecule has 4 rings (SSSR count). The molecule has 1 heterocycles. The molecular weight excluding hydrogens is 377 g/mol. The number of hydrogen-bond acceptors (Lipinski definition) is 3. The first-order valence-electron chi connectivity index (χ1n) is 7.93. The van der Waals surface area contributed by atoms with Crippen LogP contribution >= 0.6 is 11.6 Å². The van der Waals surface area contributed by atoms with Crippen molar-refractivity contribution in [2.24, 2.45) is 0 Å². The molecule has 0 aliphatic heterocycles. The largest absolute Gasteiger partial charge is 0.294 e. The van der Waals surface area contributed by atoms with Gasteiger partial charge in [-0.05, 0) is 42.3 Å². The summed E-state index contributed by atoms with van der Waals surface area (Å²) < 4.78 is 41.8. The molecule has 0 fully saturated rings. The summed E-state index contributed by atoms with van der Waals surface area (Å²) in [6, 6.07) is 11.8. The fraction of sp³-hybridized carbons (Fsp3) is 0.105. The lowest BCUT2D eigenvalue weighted by molar-refractivity contribution is 0.0994. The van der Waals surface area contributed by atoms with Gasteiger partial charge in [0.15, 0.2) is 5.78 Å². The van der Waals surface area contributed by atoms with Crippen molar-refractivity contribution in [3.8, 4) is 11.3 Å². The van der Waals surface area contributed by atoms with Gasteiger partial charge in [0.05, 0.1) is 10.6 Å². The number of Topliss-reactive ketones (excluding diaryl/α,β-unsaturated/α-hetero) is 1. The van der Waals surface area contributed by atoms with Crippen LogP contribution in [0.3, 0.4) is 0 Å². The van der Waals surface area contributed by atoms with Crippen LogP contribution in [0, 0.1) is 5.82 Å². The molecule has 132 valence electrons. The minimum Gasteiger partial charge on any atom is -0.294 e. The second-order valence-corrected chi connectivity index (χ2v) is 8.28. The molecule has 4 nitrogen and oxygen atoms in total. The quantitative estimate of drug-likeness (QED) is 0.670. The van der Waals surface area contributed by atoms with Gasteiger partial charge in [0.1, 0.15) is 5.82 Å². The van der Waals surface area contributed by atoms with Crippen LogP contribution in [0.15, 0.2) is 59.6 Å². The van der Waals surface area contributed by atoms with Crippen molar-refractivity contribution in [1.82, 2.24) is 3.97 Å².